The minimum atomic E-state index is -4.77. The smallest absolute Gasteiger partial charge is 0.467 e. The number of likely N-dealkylation sites (tertiary alicyclic amines) is 1. The van der Waals surface area contributed by atoms with Crippen molar-refractivity contribution in [1.82, 2.24) is 15.5 Å². The third-order valence-electron chi connectivity index (χ3n) is 6.90. The molecular weight excluding hydrogens is 577 g/mol. The average molecular weight is 609 g/mol. The number of esters is 1. The Balaban J connectivity index is 1.30. The van der Waals surface area contributed by atoms with Crippen LogP contribution < -0.4 is 20.7 Å². The van der Waals surface area contributed by atoms with Gasteiger partial charge in [-0.15, -0.1) is 24.9 Å². The number of carbonyl (C=O) groups excluding carboxylic acids is 2. The maximum Gasteiger partial charge on any atom is 0.573 e. The van der Waals surface area contributed by atoms with Gasteiger partial charge in [-0.05, 0) is 61.2 Å². The highest BCUT2D eigenvalue weighted by Gasteiger charge is 2.33. The van der Waals surface area contributed by atoms with Crippen LogP contribution in [0.1, 0.15) is 26.2 Å². The summed E-state index contributed by atoms with van der Waals surface area (Å²) in [7, 11) is 1.35. The largest absolute Gasteiger partial charge is 0.573 e. The number of amides is 1. The number of carbonyl (C=O) groups is 2. The number of ether oxygens (including phenoxy) is 2. The van der Waals surface area contributed by atoms with Gasteiger partial charge in [-0.2, -0.15) is 0 Å². The second kappa shape index (κ2) is 13.5. The van der Waals surface area contributed by atoms with Gasteiger partial charge >= 0.3 is 12.3 Å². The van der Waals surface area contributed by atoms with E-state index >= 15 is 0 Å². The SMILES string of the molecule is CCC(NC(=S)N1CCC(C2NC(C(=O)Nc3ccccc3-c3ccc(OC(F)(F)F)cc3)=CS2)CC1)C(=O)OC. The molecule has 2 aromatic carbocycles. The van der Waals surface area contributed by atoms with Gasteiger partial charge in [0.2, 0.25) is 0 Å². The van der Waals surface area contributed by atoms with Crippen LogP contribution in [-0.4, -0.2) is 59.9 Å². The van der Waals surface area contributed by atoms with Crippen molar-refractivity contribution in [1.29, 1.82) is 0 Å². The predicted octanol–water partition coefficient (Wildman–Crippen LogP) is 5.23. The Hall–Kier alpha value is -3.45. The summed E-state index contributed by atoms with van der Waals surface area (Å²) in [5.41, 5.74) is 2.28. The molecule has 2 aliphatic heterocycles. The fraction of sp³-hybridized carbons (Fsp3) is 0.393. The second-order valence-electron chi connectivity index (χ2n) is 9.56. The number of thioether (sulfide) groups is 1. The number of nitrogens with zero attached hydrogens (tertiary/aromatic N) is 1. The minimum absolute atomic E-state index is 0.0364. The fourth-order valence-corrected chi connectivity index (χ4v) is 6.17. The van der Waals surface area contributed by atoms with Gasteiger partial charge in [0.05, 0.1) is 12.5 Å². The van der Waals surface area contributed by atoms with Crippen molar-refractivity contribution < 1.29 is 32.2 Å². The number of halogens is 3. The highest BCUT2D eigenvalue weighted by atomic mass is 32.2. The highest BCUT2D eigenvalue weighted by molar-refractivity contribution is 8.03. The number of benzene rings is 2. The molecule has 0 aliphatic carbocycles. The number of rotatable bonds is 8. The highest BCUT2D eigenvalue weighted by Crippen LogP contribution is 2.34. The lowest BCUT2D eigenvalue weighted by molar-refractivity contribution is -0.274. The first kappa shape index (κ1) is 30.5. The van der Waals surface area contributed by atoms with E-state index in [-0.39, 0.29) is 23.0 Å². The van der Waals surface area contributed by atoms with Crippen molar-refractivity contribution in [3.63, 3.8) is 0 Å². The van der Waals surface area contributed by atoms with Crippen LogP contribution >= 0.6 is 24.0 Å². The van der Waals surface area contributed by atoms with Crippen molar-refractivity contribution in [3.8, 4) is 16.9 Å². The van der Waals surface area contributed by atoms with Crippen LogP contribution in [0.3, 0.4) is 0 Å². The first-order chi connectivity index (χ1) is 19.6. The number of thiocarbonyl (C=S) groups is 1. The Kier molecular flexibility index (Phi) is 10.0. The molecule has 0 bridgehead atoms. The molecule has 0 aromatic heterocycles. The summed E-state index contributed by atoms with van der Waals surface area (Å²) in [5, 5.41) is 11.7. The summed E-state index contributed by atoms with van der Waals surface area (Å²) in [4.78, 5) is 27.1. The molecule has 2 aromatic rings. The van der Waals surface area contributed by atoms with Crippen LogP contribution in [-0.2, 0) is 14.3 Å². The van der Waals surface area contributed by atoms with E-state index in [0.717, 1.165) is 25.9 Å². The zero-order valence-electron chi connectivity index (χ0n) is 22.5. The summed E-state index contributed by atoms with van der Waals surface area (Å²) >= 11 is 7.08. The van der Waals surface area contributed by atoms with Crippen molar-refractivity contribution in [2.45, 2.75) is 44.0 Å². The summed E-state index contributed by atoms with van der Waals surface area (Å²) in [6.45, 7) is 3.35. The first-order valence-electron chi connectivity index (χ1n) is 13.1. The number of para-hydroxylation sites is 1. The molecule has 0 radical (unpaired) electrons. The molecule has 2 atom stereocenters. The molecule has 2 unspecified atom stereocenters. The van der Waals surface area contributed by atoms with E-state index in [1.807, 2.05) is 12.3 Å². The van der Waals surface area contributed by atoms with Gasteiger partial charge in [-0.1, -0.05) is 37.3 Å². The molecule has 1 fully saturated rings. The maximum absolute atomic E-state index is 13.1. The second-order valence-corrected chi connectivity index (χ2v) is 11.0. The summed E-state index contributed by atoms with van der Waals surface area (Å²) < 4.78 is 46.3. The van der Waals surface area contributed by atoms with Gasteiger partial charge in [-0.3, -0.25) is 4.79 Å². The Labute approximate surface area is 246 Å². The third kappa shape index (κ3) is 8.07. The summed E-state index contributed by atoms with van der Waals surface area (Å²) in [5.74, 6) is -0.653. The Morgan fingerprint density at radius 1 is 1.15 bits per heavy atom. The van der Waals surface area contributed by atoms with Gasteiger partial charge in [0.25, 0.3) is 5.91 Å². The van der Waals surface area contributed by atoms with Gasteiger partial charge in [0.15, 0.2) is 5.11 Å². The molecule has 1 amide bonds. The van der Waals surface area contributed by atoms with Crippen molar-refractivity contribution >= 4 is 46.7 Å². The fourth-order valence-electron chi connectivity index (χ4n) is 4.70. The number of anilines is 1. The molecule has 220 valence electrons. The van der Waals surface area contributed by atoms with Crippen LogP contribution in [0.5, 0.6) is 5.75 Å². The first-order valence-corrected chi connectivity index (χ1v) is 14.4. The quantitative estimate of drug-likeness (QED) is 0.275. The molecule has 13 heteroatoms. The van der Waals surface area contributed by atoms with E-state index in [9.17, 15) is 22.8 Å². The molecular formula is C28H31F3N4O4S2. The third-order valence-corrected chi connectivity index (χ3v) is 8.44. The van der Waals surface area contributed by atoms with Gasteiger partial charge < -0.3 is 30.3 Å². The number of nitrogens with one attached hydrogen (secondary N) is 3. The molecule has 1 saturated heterocycles. The maximum atomic E-state index is 13.1. The molecule has 4 rings (SSSR count). The van der Waals surface area contributed by atoms with E-state index < -0.39 is 12.4 Å². The molecule has 2 aliphatic rings. The van der Waals surface area contributed by atoms with E-state index in [1.165, 1.54) is 31.4 Å². The Morgan fingerprint density at radius 2 is 1.83 bits per heavy atom. The molecule has 8 nitrogen and oxygen atoms in total. The zero-order valence-corrected chi connectivity index (χ0v) is 24.1. The Morgan fingerprint density at radius 3 is 2.46 bits per heavy atom. The molecule has 0 saturated carbocycles. The monoisotopic (exact) mass is 608 g/mol. The van der Waals surface area contributed by atoms with Crippen LogP contribution in [0.25, 0.3) is 11.1 Å². The van der Waals surface area contributed by atoms with Crippen molar-refractivity contribution in [2.75, 3.05) is 25.5 Å². The van der Waals surface area contributed by atoms with Crippen molar-refractivity contribution in [2.24, 2.45) is 5.92 Å². The van der Waals surface area contributed by atoms with Crippen LogP contribution in [0.2, 0.25) is 0 Å². The number of hydrogen-bond acceptors (Lipinski definition) is 7. The molecule has 3 N–H and O–H groups in total. The normalized spacial score (nSPS) is 18.1. The van der Waals surface area contributed by atoms with E-state index in [2.05, 4.69) is 25.6 Å². The molecule has 41 heavy (non-hydrogen) atoms. The zero-order chi connectivity index (χ0) is 29.6. The lowest BCUT2D eigenvalue weighted by atomic mass is 9.96. The van der Waals surface area contributed by atoms with E-state index in [0.29, 0.717) is 40.0 Å². The number of piperidine rings is 1. The van der Waals surface area contributed by atoms with Crippen molar-refractivity contribution in [3.05, 3.63) is 59.6 Å². The number of alkyl halides is 3. The Bertz CT molecular complexity index is 1280. The van der Waals surface area contributed by atoms with Gasteiger partial charge in [0, 0.05) is 29.7 Å². The molecule has 2 heterocycles. The van der Waals surface area contributed by atoms with Gasteiger partial charge in [0.1, 0.15) is 17.5 Å². The van der Waals surface area contributed by atoms with Gasteiger partial charge in [-0.25, -0.2) is 4.79 Å². The number of hydrogen-bond donors (Lipinski definition) is 3. The van der Waals surface area contributed by atoms with Crippen LogP contribution in [0, 0.1) is 5.92 Å². The lowest BCUT2D eigenvalue weighted by Gasteiger charge is -2.36. The standard InChI is InChI=1S/C28H31F3N4O4S2/c1-3-21(26(37)38-2)34-27(40)35-14-12-18(13-15-35)25-33-23(16-41-25)24(36)32-22-7-5-4-6-20(22)17-8-10-19(11-9-17)39-28(29,30)31/h4-11,16,18,21,25,33H,3,12-15H2,1-2H3,(H,32,36)(H,34,40). The lowest BCUT2D eigenvalue weighted by Crippen LogP contribution is -2.51. The predicted molar refractivity (Wildman–Crippen MR) is 156 cm³/mol. The van der Waals surface area contributed by atoms with Crippen LogP contribution in [0.15, 0.2) is 59.6 Å². The van der Waals surface area contributed by atoms with E-state index in [4.69, 9.17) is 17.0 Å². The van der Waals surface area contributed by atoms with Crippen LogP contribution in [0.4, 0.5) is 18.9 Å². The summed E-state index contributed by atoms with van der Waals surface area (Å²) in [6, 6.07) is 12.1. The molecule has 0 spiro atoms. The summed E-state index contributed by atoms with van der Waals surface area (Å²) in [6.07, 6.45) is -2.48. The van der Waals surface area contributed by atoms with E-state index in [1.54, 1.807) is 36.0 Å². The average Bonchev–Trinajstić information content (AvgIpc) is 3.46. The number of methoxy groups -OCH3 is 1. The topological polar surface area (TPSA) is 91.9 Å². The minimum Gasteiger partial charge on any atom is -0.467 e.